The molecular weight excluding hydrogens is 391 g/mol. The molecule has 0 spiro atoms. The Balaban J connectivity index is 0.000000321. The van der Waals surface area contributed by atoms with Crippen LogP contribution in [-0.4, -0.2) is 7.11 Å². The summed E-state index contributed by atoms with van der Waals surface area (Å²) >= 11 is 0. The topological polar surface area (TPSA) is 13.3 Å². The van der Waals surface area contributed by atoms with Crippen LogP contribution in [0.4, 0.5) is 25.2 Å². The van der Waals surface area contributed by atoms with E-state index in [1.54, 1.807) is 7.11 Å². The zero-order valence-electron chi connectivity index (χ0n) is 13.9. The Kier molecular flexibility index (Phi) is 5.13. The molecule has 0 radical (unpaired) electrons. The van der Waals surface area contributed by atoms with Crippen molar-refractivity contribution in [2.75, 3.05) is 7.11 Å². The molecule has 0 aliphatic heterocycles. The molecule has 0 saturated carbocycles. The van der Waals surface area contributed by atoms with Crippen LogP contribution in [-0.2, 0) is 0 Å². The summed E-state index contributed by atoms with van der Waals surface area (Å²) in [5, 5.41) is 0. The van der Waals surface area contributed by atoms with Crippen molar-refractivity contribution in [1.29, 1.82) is 0 Å². The Bertz CT molecular complexity index is 994. The molecule has 9 heteroatoms. The first kappa shape index (κ1) is 20.5. The third-order valence-electron chi connectivity index (χ3n) is 3.08. The minimum atomic E-state index is -10.7. The SMILES string of the molecule is COc1ccc(C#Cc2ccc3cccc[n+]3c2)cc1.F[P-](F)(F)(F)(F)F. The van der Waals surface area contributed by atoms with E-state index < -0.39 is 7.81 Å². The molecule has 2 heterocycles. The van der Waals surface area contributed by atoms with Crippen LogP contribution in [0.1, 0.15) is 11.1 Å². The predicted molar refractivity (Wildman–Crippen MR) is 92.1 cm³/mol. The quantitative estimate of drug-likeness (QED) is 0.203. The molecule has 2 aromatic heterocycles. The third kappa shape index (κ3) is 8.93. The number of halogens is 6. The summed E-state index contributed by atoms with van der Waals surface area (Å²) in [5.41, 5.74) is 3.12. The minimum absolute atomic E-state index is 0.844. The number of methoxy groups -OCH3 is 1. The average molecular weight is 405 g/mol. The number of benzene rings is 1. The van der Waals surface area contributed by atoms with Gasteiger partial charge in [-0.1, -0.05) is 11.8 Å². The van der Waals surface area contributed by atoms with Crippen LogP contribution in [0, 0.1) is 11.8 Å². The summed E-state index contributed by atoms with van der Waals surface area (Å²) in [6, 6.07) is 18.0. The van der Waals surface area contributed by atoms with Crippen molar-refractivity contribution < 1.29 is 34.3 Å². The normalized spacial score (nSPS) is 13.3. The second-order valence-electron chi connectivity index (χ2n) is 5.39. The van der Waals surface area contributed by atoms with Crippen molar-refractivity contribution >= 4 is 13.3 Å². The van der Waals surface area contributed by atoms with Gasteiger partial charge in [0.2, 0.25) is 5.52 Å². The van der Waals surface area contributed by atoms with E-state index in [9.17, 15) is 25.2 Å². The van der Waals surface area contributed by atoms with Gasteiger partial charge in [-0.05, 0) is 36.4 Å². The molecule has 0 fully saturated rings. The average Bonchev–Trinajstić information content (AvgIpc) is 2.57. The first-order chi connectivity index (χ1) is 12.3. The van der Waals surface area contributed by atoms with Gasteiger partial charge < -0.3 is 4.74 Å². The van der Waals surface area contributed by atoms with Crippen LogP contribution in [0.5, 0.6) is 5.75 Å². The fraction of sp³-hybridized carbons (Fsp3) is 0.0556. The monoisotopic (exact) mass is 405 g/mol. The van der Waals surface area contributed by atoms with Crippen molar-refractivity contribution in [1.82, 2.24) is 0 Å². The van der Waals surface area contributed by atoms with Crippen LogP contribution in [0.15, 0.2) is 67.0 Å². The Morgan fingerprint density at radius 3 is 1.93 bits per heavy atom. The molecule has 0 aliphatic carbocycles. The first-order valence-corrected chi connectivity index (χ1v) is 9.45. The Labute approximate surface area is 151 Å². The summed E-state index contributed by atoms with van der Waals surface area (Å²) < 4.78 is 66.4. The fourth-order valence-electron chi connectivity index (χ4n) is 1.99. The predicted octanol–water partition coefficient (Wildman–Crippen LogP) is 6.22. The molecule has 0 aliphatic rings. The van der Waals surface area contributed by atoms with E-state index in [2.05, 4.69) is 28.4 Å². The summed E-state index contributed by atoms with van der Waals surface area (Å²) in [6.07, 6.45) is 4.06. The van der Waals surface area contributed by atoms with E-state index in [1.807, 2.05) is 54.9 Å². The number of pyridine rings is 2. The Hall–Kier alpha value is -2.78. The Morgan fingerprint density at radius 2 is 1.33 bits per heavy atom. The molecule has 0 bridgehead atoms. The van der Waals surface area contributed by atoms with Gasteiger partial charge in [0.1, 0.15) is 5.75 Å². The van der Waals surface area contributed by atoms with Gasteiger partial charge in [-0.2, -0.15) is 4.40 Å². The zero-order valence-corrected chi connectivity index (χ0v) is 14.8. The van der Waals surface area contributed by atoms with Crippen LogP contribution >= 0.6 is 7.81 Å². The van der Waals surface area contributed by atoms with Gasteiger partial charge >= 0.3 is 33.0 Å². The van der Waals surface area contributed by atoms with Crippen LogP contribution in [0.25, 0.3) is 5.52 Å². The van der Waals surface area contributed by atoms with Crippen molar-refractivity contribution in [3.8, 4) is 17.6 Å². The second kappa shape index (κ2) is 6.75. The van der Waals surface area contributed by atoms with Gasteiger partial charge in [0, 0.05) is 23.8 Å². The molecule has 0 saturated heterocycles. The first-order valence-electron chi connectivity index (χ1n) is 7.43. The summed E-state index contributed by atoms with van der Waals surface area (Å²) in [7, 11) is -9.00. The number of hydrogen-bond donors (Lipinski definition) is 0. The van der Waals surface area contributed by atoms with E-state index in [0.717, 1.165) is 22.4 Å². The van der Waals surface area contributed by atoms with E-state index in [1.165, 1.54) is 0 Å². The number of fused-ring (bicyclic) bond motifs is 1. The number of rotatable bonds is 1. The molecule has 0 N–H and O–H groups in total. The van der Waals surface area contributed by atoms with Crippen LogP contribution in [0.2, 0.25) is 0 Å². The molecule has 144 valence electrons. The van der Waals surface area contributed by atoms with Crippen molar-refractivity contribution in [3.05, 3.63) is 78.1 Å². The van der Waals surface area contributed by atoms with Crippen LogP contribution in [0.3, 0.4) is 0 Å². The molecule has 0 unspecified atom stereocenters. The molecule has 2 nitrogen and oxygen atoms in total. The summed E-state index contributed by atoms with van der Waals surface area (Å²) in [4.78, 5) is 0. The van der Waals surface area contributed by atoms with Crippen LogP contribution < -0.4 is 9.14 Å². The second-order valence-corrected chi connectivity index (χ2v) is 7.30. The van der Waals surface area contributed by atoms with Gasteiger partial charge in [-0.25, -0.2) is 0 Å². The maximum atomic E-state index is 9.87. The Morgan fingerprint density at radius 1 is 0.778 bits per heavy atom. The molecular formula is C18H14F6NOP. The third-order valence-corrected chi connectivity index (χ3v) is 3.08. The molecule has 0 amide bonds. The standard InChI is InChI=1S/C18H14NO.F6P/c1-20-18-11-8-15(9-12-18)5-6-16-7-10-17-4-2-3-13-19(17)14-16;1-7(2,3,4,5)6/h2-4,7-14H,1H3;/q+1;-1. The molecule has 27 heavy (non-hydrogen) atoms. The van der Waals surface area contributed by atoms with Crippen molar-refractivity contribution in [2.24, 2.45) is 0 Å². The molecule has 0 atom stereocenters. The fourth-order valence-corrected chi connectivity index (χ4v) is 1.99. The van der Waals surface area contributed by atoms with E-state index >= 15 is 0 Å². The summed E-state index contributed by atoms with van der Waals surface area (Å²) in [6.45, 7) is 0. The van der Waals surface area contributed by atoms with Crippen molar-refractivity contribution in [2.45, 2.75) is 0 Å². The number of hydrogen-bond acceptors (Lipinski definition) is 1. The maximum absolute atomic E-state index is 10.7. The van der Waals surface area contributed by atoms with E-state index in [-0.39, 0.29) is 0 Å². The van der Waals surface area contributed by atoms with Gasteiger partial charge in [0.25, 0.3) is 0 Å². The van der Waals surface area contributed by atoms with E-state index in [4.69, 9.17) is 4.74 Å². The van der Waals surface area contributed by atoms with Gasteiger partial charge in [0.05, 0.1) is 12.7 Å². The number of ether oxygens (including phenoxy) is 1. The number of aromatic nitrogens is 1. The molecule has 3 aromatic rings. The van der Waals surface area contributed by atoms with Gasteiger partial charge in [-0.3, -0.25) is 0 Å². The zero-order chi connectivity index (χ0) is 20.2. The van der Waals surface area contributed by atoms with Gasteiger partial charge in [0.15, 0.2) is 12.4 Å². The van der Waals surface area contributed by atoms with Gasteiger partial charge in [-0.15, -0.1) is 0 Å². The molecule has 1 aromatic carbocycles. The van der Waals surface area contributed by atoms with Crippen molar-refractivity contribution in [3.63, 3.8) is 0 Å². The summed E-state index contributed by atoms with van der Waals surface area (Å²) in [5.74, 6) is 7.18. The van der Waals surface area contributed by atoms with E-state index in [0.29, 0.717) is 0 Å². The number of nitrogens with zero attached hydrogens (tertiary/aromatic N) is 1. The molecule has 3 rings (SSSR count).